The summed E-state index contributed by atoms with van der Waals surface area (Å²) in [5.74, 6) is 1.42. The summed E-state index contributed by atoms with van der Waals surface area (Å²) in [5.41, 5.74) is 2.37. The van der Waals surface area contributed by atoms with Crippen molar-refractivity contribution in [2.75, 3.05) is 17.7 Å². The molecule has 0 radical (unpaired) electrons. The molecule has 0 spiro atoms. The predicted octanol–water partition coefficient (Wildman–Crippen LogP) is 6.37. The second-order valence-corrected chi connectivity index (χ2v) is 8.66. The predicted molar refractivity (Wildman–Crippen MR) is 134 cm³/mol. The van der Waals surface area contributed by atoms with Crippen LogP contribution in [0.5, 0.6) is 5.75 Å². The first-order valence-electron chi connectivity index (χ1n) is 10.2. The minimum atomic E-state index is -0.194. The Morgan fingerprint density at radius 2 is 1.76 bits per heavy atom. The Bertz CT molecular complexity index is 1250. The van der Waals surface area contributed by atoms with Crippen LogP contribution in [0.1, 0.15) is 6.92 Å². The van der Waals surface area contributed by atoms with Crippen LogP contribution < -0.4 is 10.1 Å². The zero-order valence-electron chi connectivity index (χ0n) is 17.7. The maximum Gasteiger partial charge on any atom is 0.234 e. The molecule has 1 heterocycles. The standard InChI is InChI=1S/C24H20Cl2N4O2S/c1-2-32-19-11-9-18(10-12-19)30-23(16-6-4-3-5-7-16)28-29-24(30)33-15-22(31)27-17-8-13-20(25)21(26)14-17/h3-14H,2,15H2,1H3,(H,27,31). The van der Waals surface area contributed by atoms with Gasteiger partial charge in [-0.05, 0) is 49.4 Å². The van der Waals surface area contributed by atoms with E-state index in [1.54, 1.807) is 18.2 Å². The van der Waals surface area contributed by atoms with Gasteiger partial charge in [0.1, 0.15) is 5.75 Å². The van der Waals surface area contributed by atoms with Gasteiger partial charge in [0.25, 0.3) is 0 Å². The van der Waals surface area contributed by atoms with Crippen LogP contribution >= 0.6 is 35.0 Å². The molecule has 1 N–H and O–H groups in total. The number of carbonyl (C=O) groups excluding carboxylic acids is 1. The van der Waals surface area contributed by atoms with E-state index < -0.39 is 0 Å². The number of carbonyl (C=O) groups is 1. The number of ether oxygens (including phenoxy) is 1. The lowest BCUT2D eigenvalue weighted by Gasteiger charge is -2.12. The number of nitrogens with zero attached hydrogens (tertiary/aromatic N) is 3. The second kappa shape index (κ2) is 10.7. The highest BCUT2D eigenvalue weighted by atomic mass is 35.5. The molecular weight excluding hydrogens is 479 g/mol. The van der Waals surface area contributed by atoms with E-state index in [1.807, 2.05) is 66.1 Å². The van der Waals surface area contributed by atoms with Gasteiger partial charge < -0.3 is 10.1 Å². The van der Waals surface area contributed by atoms with Gasteiger partial charge >= 0.3 is 0 Å². The third-order valence-electron chi connectivity index (χ3n) is 4.61. The molecular formula is C24H20Cl2N4O2S. The van der Waals surface area contributed by atoms with Gasteiger partial charge in [0.2, 0.25) is 5.91 Å². The second-order valence-electron chi connectivity index (χ2n) is 6.90. The largest absolute Gasteiger partial charge is 0.494 e. The summed E-state index contributed by atoms with van der Waals surface area (Å²) >= 11 is 13.3. The van der Waals surface area contributed by atoms with E-state index in [9.17, 15) is 4.79 Å². The first kappa shape index (κ1) is 23.2. The van der Waals surface area contributed by atoms with E-state index in [0.717, 1.165) is 17.0 Å². The van der Waals surface area contributed by atoms with E-state index in [2.05, 4.69) is 15.5 Å². The van der Waals surface area contributed by atoms with Gasteiger partial charge in [0, 0.05) is 16.9 Å². The number of amides is 1. The molecule has 0 unspecified atom stereocenters. The number of benzene rings is 3. The molecule has 0 bridgehead atoms. The topological polar surface area (TPSA) is 69.0 Å². The molecule has 1 aromatic heterocycles. The lowest BCUT2D eigenvalue weighted by molar-refractivity contribution is -0.113. The van der Waals surface area contributed by atoms with Gasteiger partial charge in [-0.15, -0.1) is 10.2 Å². The molecule has 4 rings (SSSR count). The highest BCUT2D eigenvalue weighted by molar-refractivity contribution is 7.99. The molecule has 33 heavy (non-hydrogen) atoms. The molecule has 0 aliphatic heterocycles. The Balaban J connectivity index is 1.57. The van der Waals surface area contributed by atoms with Crippen molar-refractivity contribution in [1.82, 2.24) is 14.8 Å². The van der Waals surface area contributed by atoms with E-state index in [0.29, 0.717) is 33.3 Å². The summed E-state index contributed by atoms with van der Waals surface area (Å²) in [6.07, 6.45) is 0. The van der Waals surface area contributed by atoms with Crippen LogP contribution in [0.25, 0.3) is 17.1 Å². The molecule has 4 aromatic rings. The molecule has 0 saturated carbocycles. The number of aromatic nitrogens is 3. The van der Waals surface area contributed by atoms with Crippen molar-refractivity contribution in [1.29, 1.82) is 0 Å². The number of hydrogen-bond acceptors (Lipinski definition) is 5. The molecule has 0 saturated heterocycles. The third-order valence-corrected chi connectivity index (χ3v) is 6.27. The van der Waals surface area contributed by atoms with Crippen molar-refractivity contribution in [3.63, 3.8) is 0 Å². The van der Waals surface area contributed by atoms with Crippen LogP contribution in [0, 0.1) is 0 Å². The summed E-state index contributed by atoms with van der Waals surface area (Å²) in [5, 5.41) is 13.0. The lowest BCUT2D eigenvalue weighted by Crippen LogP contribution is -2.14. The summed E-state index contributed by atoms with van der Waals surface area (Å²) in [6, 6.07) is 22.4. The van der Waals surface area contributed by atoms with Gasteiger partial charge in [-0.2, -0.15) is 0 Å². The first-order chi connectivity index (χ1) is 16.0. The molecule has 1 amide bonds. The fourth-order valence-electron chi connectivity index (χ4n) is 3.13. The molecule has 0 aliphatic carbocycles. The normalized spacial score (nSPS) is 10.8. The molecule has 0 aliphatic rings. The minimum Gasteiger partial charge on any atom is -0.494 e. The number of hydrogen-bond donors (Lipinski definition) is 1. The Morgan fingerprint density at radius 1 is 1.00 bits per heavy atom. The SMILES string of the molecule is CCOc1ccc(-n2c(SCC(=O)Nc3ccc(Cl)c(Cl)c3)nnc2-c2ccccc2)cc1. The summed E-state index contributed by atoms with van der Waals surface area (Å²) in [6.45, 7) is 2.54. The third kappa shape index (κ3) is 5.68. The van der Waals surface area contributed by atoms with Gasteiger partial charge in [0.15, 0.2) is 11.0 Å². The number of thioether (sulfide) groups is 1. The molecule has 0 fully saturated rings. The van der Waals surface area contributed by atoms with Gasteiger partial charge in [-0.1, -0.05) is 65.3 Å². The minimum absolute atomic E-state index is 0.143. The summed E-state index contributed by atoms with van der Waals surface area (Å²) in [4.78, 5) is 12.5. The summed E-state index contributed by atoms with van der Waals surface area (Å²) < 4.78 is 7.49. The van der Waals surface area contributed by atoms with E-state index in [1.165, 1.54) is 11.8 Å². The Labute approximate surface area is 205 Å². The quantitative estimate of drug-likeness (QED) is 0.285. The zero-order valence-corrected chi connectivity index (χ0v) is 20.0. The smallest absolute Gasteiger partial charge is 0.234 e. The number of halogens is 2. The van der Waals surface area contributed by atoms with Crippen LogP contribution in [-0.4, -0.2) is 33.0 Å². The van der Waals surface area contributed by atoms with Gasteiger partial charge in [0.05, 0.1) is 22.4 Å². The van der Waals surface area contributed by atoms with Crippen molar-refractivity contribution < 1.29 is 9.53 Å². The number of anilines is 1. The average molecular weight is 499 g/mol. The van der Waals surface area contributed by atoms with Crippen LogP contribution in [0.15, 0.2) is 78.0 Å². The fourth-order valence-corrected chi connectivity index (χ4v) is 4.18. The van der Waals surface area contributed by atoms with Gasteiger partial charge in [-0.3, -0.25) is 9.36 Å². The van der Waals surface area contributed by atoms with Crippen molar-refractivity contribution >= 4 is 46.6 Å². The number of nitrogens with one attached hydrogen (secondary N) is 1. The first-order valence-corrected chi connectivity index (χ1v) is 11.9. The van der Waals surface area contributed by atoms with Crippen molar-refractivity contribution in [3.8, 4) is 22.8 Å². The highest BCUT2D eigenvalue weighted by Gasteiger charge is 2.17. The van der Waals surface area contributed by atoms with Crippen molar-refractivity contribution in [2.45, 2.75) is 12.1 Å². The van der Waals surface area contributed by atoms with Crippen LogP contribution in [0.2, 0.25) is 10.0 Å². The highest BCUT2D eigenvalue weighted by Crippen LogP contribution is 2.29. The average Bonchev–Trinajstić information content (AvgIpc) is 3.25. The number of rotatable bonds is 8. The van der Waals surface area contributed by atoms with Crippen LogP contribution in [0.3, 0.4) is 0 Å². The van der Waals surface area contributed by atoms with E-state index in [4.69, 9.17) is 27.9 Å². The van der Waals surface area contributed by atoms with Crippen LogP contribution in [-0.2, 0) is 4.79 Å². The Hall–Kier alpha value is -3.00. The molecule has 3 aromatic carbocycles. The van der Waals surface area contributed by atoms with Crippen LogP contribution in [0.4, 0.5) is 5.69 Å². The maximum absolute atomic E-state index is 12.5. The van der Waals surface area contributed by atoms with E-state index >= 15 is 0 Å². The van der Waals surface area contributed by atoms with Gasteiger partial charge in [-0.25, -0.2) is 0 Å². The molecule has 0 atom stereocenters. The maximum atomic E-state index is 12.5. The Kier molecular flexibility index (Phi) is 7.54. The lowest BCUT2D eigenvalue weighted by atomic mass is 10.2. The van der Waals surface area contributed by atoms with Crippen molar-refractivity contribution in [2.24, 2.45) is 0 Å². The fraction of sp³-hybridized carbons (Fsp3) is 0.125. The van der Waals surface area contributed by atoms with E-state index in [-0.39, 0.29) is 11.7 Å². The zero-order chi connectivity index (χ0) is 23.2. The molecule has 168 valence electrons. The molecule has 6 nitrogen and oxygen atoms in total. The Morgan fingerprint density at radius 3 is 2.45 bits per heavy atom. The van der Waals surface area contributed by atoms with Crippen molar-refractivity contribution in [3.05, 3.63) is 82.8 Å². The molecule has 9 heteroatoms. The monoisotopic (exact) mass is 498 g/mol. The summed E-state index contributed by atoms with van der Waals surface area (Å²) in [7, 11) is 0.